The summed E-state index contributed by atoms with van der Waals surface area (Å²) in [6.07, 6.45) is 0.583. The number of benzene rings is 1. The second kappa shape index (κ2) is 8.04. The largest absolute Gasteiger partial charge is 0.382 e. The monoisotopic (exact) mass is 285 g/mol. The first kappa shape index (κ1) is 15.8. The molecule has 0 heterocycles. The van der Waals surface area contributed by atoms with Crippen LogP contribution in [0.3, 0.4) is 0 Å². The summed E-state index contributed by atoms with van der Waals surface area (Å²) in [6, 6.07) is 8.70. The van der Waals surface area contributed by atoms with E-state index in [1.54, 1.807) is 30.3 Å². The Hall–Kier alpha value is -1.24. The van der Waals surface area contributed by atoms with Crippen molar-refractivity contribution < 1.29 is 19.3 Å². The van der Waals surface area contributed by atoms with Crippen LogP contribution in [0.15, 0.2) is 35.2 Å². The van der Waals surface area contributed by atoms with E-state index >= 15 is 0 Å². The highest BCUT2D eigenvalue weighted by atomic mass is 32.2. The van der Waals surface area contributed by atoms with E-state index < -0.39 is 28.1 Å². The van der Waals surface area contributed by atoms with Gasteiger partial charge in [-0.05, 0) is 18.6 Å². The summed E-state index contributed by atoms with van der Waals surface area (Å²) in [5.41, 5.74) is 1.40. The minimum absolute atomic E-state index is 0.451. The molecule has 6 heteroatoms. The predicted molar refractivity (Wildman–Crippen MR) is 72.1 cm³/mol. The number of carbonyl (C=O) groups excluding carboxylic acids is 1. The van der Waals surface area contributed by atoms with Crippen molar-refractivity contribution in [2.45, 2.75) is 42.4 Å². The topological polar surface area (TPSA) is 86.6 Å². The Kier molecular flexibility index (Phi) is 6.69. The summed E-state index contributed by atoms with van der Waals surface area (Å²) in [6.45, 7) is 1.97. The minimum atomic E-state index is -1.50. The Bertz CT molecular complexity index is 424. The van der Waals surface area contributed by atoms with E-state index in [0.717, 1.165) is 12.8 Å². The van der Waals surface area contributed by atoms with Gasteiger partial charge in [-0.3, -0.25) is 14.2 Å². The van der Waals surface area contributed by atoms with Gasteiger partial charge >= 0.3 is 0 Å². The minimum Gasteiger partial charge on any atom is -0.382 e. The molecule has 1 rings (SSSR count). The predicted octanol–water partition coefficient (Wildman–Crippen LogP) is 1.22. The maximum absolute atomic E-state index is 12.4. The van der Waals surface area contributed by atoms with Gasteiger partial charge in [-0.15, -0.1) is 0 Å². The molecule has 0 aliphatic rings. The zero-order valence-electron chi connectivity index (χ0n) is 10.8. The molecule has 5 nitrogen and oxygen atoms in total. The van der Waals surface area contributed by atoms with Crippen molar-refractivity contribution >= 4 is 16.7 Å². The molecule has 106 valence electrons. The molecule has 1 aromatic rings. The molecule has 0 saturated heterocycles. The van der Waals surface area contributed by atoms with Crippen LogP contribution in [0, 0.1) is 0 Å². The van der Waals surface area contributed by atoms with Crippen molar-refractivity contribution in [3.05, 3.63) is 30.3 Å². The third-order valence-electron chi connectivity index (χ3n) is 2.82. The fourth-order valence-electron chi connectivity index (χ4n) is 1.75. The summed E-state index contributed by atoms with van der Waals surface area (Å²) in [4.78, 5) is 11.9. The third kappa shape index (κ3) is 4.41. The van der Waals surface area contributed by atoms with Crippen LogP contribution >= 0.6 is 0 Å². The van der Waals surface area contributed by atoms with Crippen LogP contribution in [0.4, 0.5) is 0 Å². The molecule has 2 unspecified atom stereocenters. The highest BCUT2D eigenvalue weighted by molar-refractivity contribution is 7.85. The molecular weight excluding hydrogens is 266 g/mol. The highest BCUT2D eigenvalue weighted by Crippen LogP contribution is 2.19. The van der Waals surface area contributed by atoms with E-state index in [0.29, 0.717) is 11.3 Å². The van der Waals surface area contributed by atoms with Crippen molar-refractivity contribution in [1.82, 2.24) is 5.48 Å². The quantitative estimate of drug-likeness (QED) is 0.519. The van der Waals surface area contributed by atoms with Gasteiger partial charge in [0.15, 0.2) is 0 Å². The van der Waals surface area contributed by atoms with Crippen LogP contribution in [-0.4, -0.2) is 31.8 Å². The normalized spacial score (nSPS) is 15.5. The van der Waals surface area contributed by atoms with E-state index in [9.17, 15) is 14.1 Å². The summed E-state index contributed by atoms with van der Waals surface area (Å²) in [5, 5.41) is 17.7. The summed E-state index contributed by atoms with van der Waals surface area (Å²) in [7, 11) is -1.50. The summed E-state index contributed by atoms with van der Waals surface area (Å²) < 4.78 is 12.4. The van der Waals surface area contributed by atoms with Gasteiger partial charge < -0.3 is 5.11 Å². The SMILES string of the molecule is CCCC[C@@H](C(O)C(=O)NO)S(=O)c1ccccc1. The standard InChI is InChI=1S/C13H19NO4S/c1-2-3-9-11(12(15)13(16)14-17)19(18)10-7-5-4-6-8-10/h4-8,11-12,15,17H,2-3,9H2,1H3,(H,14,16)/t11-,12?,19?/m0/s1. The van der Waals surface area contributed by atoms with Crippen molar-refractivity contribution in [3.63, 3.8) is 0 Å². The lowest BCUT2D eigenvalue weighted by molar-refractivity contribution is -0.137. The van der Waals surface area contributed by atoms with Gasteiger partial charge in [-0.1, -0.05) is 38.0 Å². The van der Waals surface area contributed by atoms with Gasteiger partial charge in [0.25, 0.3) is 5.91 Å². The Morgan fingerprint density at radius 2 is 2.00 bits per heavy atom. The molecule has 0 fully saturated rings. The Morgan fingerprint density at radius 3 is 2.53 bits per heavy atom. The number of hydrogen-bond acceptors (Lipinski definition) is 4. The molecule has 0 spiro atoms. The molecule has 0 radical (unpaired) electrons. The molecular formula is C13H19NO4S. The first-order valence-corrected chi connectivity index (χ1v) is 7.40. The van der Waals surface area contributed by atoms with Crippen LogP contribution in [0.1, 0.15) is 26.2 Å². The molecule has 3 atom stereocenters. The first-order chi connectivity index (χ1) is 9.11. The van der Waals surface area contributed by atoms with Crippen molar-refractivity contribution in [1.29, 1.82) is 0 Å². The number of unbranched alkanes of at least 4 members (excludes halogenated alkanes) is 1. The Labute approximate surface area is 115 Å². The lowest BCUT2D eigenvalue weighted by Crippen LogP contribution is -2.43. The Morgan fingerprint density at radius 1 is 1.37 bits per heavy atom. The zero-order chi connectivity index (χ0) is 14.3. The molecule has 19 heavy (non-hydrogen) atoms. The summed E-state index contributed by atoms with van der Waals surface area (Å²) in [5.74, 6) is -0.926. The zero-order valence-corrected chi connectivity index (χ0v) is 11.6. The van der Waals surface area contributed by atoms with Gasteiger partial charge in [0.2, 0.25) is 0 Å². The van der Waals surface area contributed by atoms with E-state index in [4.69, 9.17) is 5.21 Å². The lowest BCUT2D eigenvalue weighted by Gasteiger charge is -2.20. The van der Waals surface area contributed by atoms with Gasteiger partial charge in [0.1, 0.15) is 6.10 Å². The van der Waals surface area contributed by atoms with E-state index in [2.05, 4.69) is 0 Å². The molecule has 1 amide bonds. The maximum atomic E-state index is 12.4. The van der Waals surface area contributed by atoms with Crippen LogP contribution in [0.2, 0.25) is 0 Å². The van der Waals surface area contributed by atoms with Crippen LogP contribution in [-0.2, 0) is 15.6 Å². The summed E-state index contributed by atoms with van der Waals surface area (Å²) >= 11 is 0. The average Bonchev–Trinajstić information content (AvgIpc) is 2.47. The van der Waals surface area contributed by atoms with Crippen molar-refractivity contribution in [2.24, 2.45) is 0 Å². The number of aliphatic hydroxyl groups is 1. The fourth-order valence-corrected chi connectivity index (χ4v) is 3.27. The number of hydrogen-bond donors (Lipinski definition) is 3. The van der Waals surface area contributed by atoms with Crippen LogP contribution < -0.4 is 5.48 Å². The number of rotatable bonds is 7. The van der Waals surface area contributed by atoms with E-state index in [1.165, 1.54) is 5.48 Å². The van der Waals surface area contributed by atoms with Gasteiger partial charge in [-0.2, -0.15) is 0 Å². The number of carbonyl (C=O) groups is 1. The molecule has 0 bridgehead atoms. The second-order valence-corrected chi connectivity index (χ2v) is 5.88. The third-order valence-corrected chi connectivity index (χ3v) is 4.60. The van der Waals surface area contributed by atoms with E-state index in [-0.39, 0.29) is 0 Å². The average molecular weight is 285 g/mol. The smallest absolute Gasteiger partial charge is 0.273 e. The fraction of sp³-hybridized carbons (Fsp3) is 0.462. The number of nitrogens with one attached hydrogen (secondary N) is 1. The van der Waals surface area contributed by atoms with Crippen molar-refractivity contribution in [2.75, 3.05) is 0 Å². The van der Waals surface area contributed by atoms with Crippen LogP contribution in [0.5, 0.6) is 0 Å². The number of amides is 1. The van der Waals surface area contributed by atoms with Crippen LogP contribution in [0.25, 0.3) is 0 Å². The molecule has 3 N–H and O–H groups in total. The van der Waals surface area contributed by atoms with Gasteiger partial charge in [0, 0.05) is 4.90 Å². The van der Waals surface area contributed by atoms with Gasteiger partial charge in [0.05, 0.1) is 16.0 Å². The number of aliphatic hydroxyl groups excluding tert-OH is 1. The van der Waals surface area contributed by atoms with E-state index in [1.807, 2.05) is 6.92 Å². The number of hydroxylamine groups is 1. The molecule has 0 aliphatic heterocycles. The molecule has 0 aliphatic carbocycles. The Balaban J connectivity index is 2.90. The lowest BCUT2D eigenvalue weighted by atomic mass is 10.1. The highest BCUT2D eigenvalue weighted by Gasteiger charge is 2.31. The second-order valence-electron chi connectivity index (χ2n) is 4.21. The molecule has 0 saturated carbocycles. The van der Waals surface area contributed by atoms with Gasteiger partial charge in [-0.25, -0.2) is 5.48 Å². The maximum Gasteiger partial charge on any atom is 0.273 e. The molecule has 0 aromatic heterocycles. The van der Waals surface area contributed by atoms with Crippen molar-refractivity contribution in [3.8, 4) is 0 Å². The first-order valence-electron chi connectivity index (χ1n) is 6.19. The molecule has 1 aromatic carbocycles.